The Morgan fingerprint density at radius 1 is 1.37 bits per heavy atom. The first-order chi connectivity index (χ1) is 9.04. The molecule has 0 spiro atoms. The maximum atomic E-state index is 12.8. The van der Waals surface area contributed by atoms with Gasteiger partial charge < -0.3 is 5.32 Å². The van der Waals surface area contributed by atoms with E-state index in [0.717, 1.165) is 18.5 Å². The lowest BCUT2D eigenvalue weighted by atomic mass is 9.97. The van der Waals surface area contributed by atoms with Gasteiger partial charge in [0.1, 0.15) is 5.82 Å². The van der Waals surface area contributed by atoms with Gasteiger partial charge in [0.25, 0.3) is 0 Å². The summed E-state index contributed by atoms with van der Waals surface area (Å²) in [6, 6.07) is 6.39. The van der Waals surface area contributed by atoms with Crippen molar-refractivity contribution in [2.45, 2.75) is 45.4 Å². The van der Waals surface area contributed by atoms with Crippen molar-refractivity contribution in [3.63, 3.8) is 0 Å². The molecule has 0 radical (unpaired) electrons. The molecule has 0 heterocycles. The molecule has 1 N–H and O–H groups in total. The topological polar surface area (TPSA) is 29.1 Å². The fraction of sp³-hybridized carbons (Fsp3) is 0.562. The third kappa shape index (κ3) is 3.79. The maximum absolute atomic E-state index is 12.8. The van der Waals surface area contributed by atoms with Crippen LogP contribution in [0, 0.1) is 11.2 Å². The van der Waals surface area contributed by atoms with Crippen LogP contribution in [0.25, 0.3) is 0 Å². The molecule has 1 amide bonds. The number of carbonyl (C=O) groups is 1. The molecule has 19 heavy (non-hydrogen) atoms. The van der Waals surface area contributed by atoms with Crippen LogP contribution in [-0.2, 0) is 4.79 Å². The van der Waals surface area contributed by atoms with Crippen LogP contribution in [0.4, 0.5) is 4.39 Å². The smallest absolute Gasteiger partial charge is 0.220 e. The minimum atomic E-state index is -0.237. The molecule has 1 aromatic rings. The molecule has 0 saturated heterocycles. The Balaban J connectivity index is 1.80. The summed E-state index contributed by atoms with van der Waals surface area (Å²) >= 11 is 0. The number of nitrogens with one attached hydrogen (secondary N) is 1. The lowest BCUT2D eigenvalue weighted by Gasteiger charge is -2.16. The van der Waals surface area contributed by atoms with Gasteiger partial charge in [-0.05, 0) is 48.3 Å². The van der Waals surface area contributed by atoms with E-state index < -0.39 is 0 Å². The standard InChI is InChI=1S/C16H22FNO/c1-3-16(8-9-16)11-18-15(19)10-12(2)13-4-6-14(17)7-5-13/h4-7,12H,3,8-11H2,1-2H3,(H,18,19). The first-order valence-electron chi connectivity index (χ1n) is 7.07. The fourth-order valence-electron chi connectivity index (χ4n) is 2.38. The third-order valence-electron chi connectivity index (χ3n) is 4.30. The summed E-state index contributed by atoms with van der Waals surface area (Å²) in [6.45, 7) is 4.98. The summed E-state index contributed by atoms with van der Waals surface area (Å²) in [4.78, 5) is 11.9. The molecule has 1 aliphatic carbocycles. The predicted octanol–water partition coefficient (Wildman–Crippen LogP) is 3.63. The van der Waals surface area contributed by atoms with E-state index >= 15 is 0 Å². The molecular formula is C16H22FNO. The third-order valence-corrected chi connectivity index (χ3v) is 4.30. The Bertz CT molecular complexity index is 437. The van der Waals surface area contributed by atoms with Crippen LogP contribution < -0.4 is 5.32 Å². The summed E-state index contributed by atoms with van der Waals surface area (Å²) < 4.78 is 12.8. The second kappa shape index (κ2) is 5.72. The second-order valence-corrected chi connectivity index (χ2v) is 5.79. The first kappa shape index (κ1) is 14.0. The molecule has 2 rings (SSSR count). The van der Waals surface area contributed by atoms with Crippen molar-refractivity contribution in [2.75, 3.05) is 6.54 Å². The Morgan fingerprint density at radius 2 is 2.00 bits per heavy atom. The highest BCUT2D eigenvalue weighted by Crippen LogP contribution is 2.47. The van der Waals surface area contributed by atoms with E-state index in [1.165, 1.54) is 25.0 Å². The number of halogens is 1. The van der Waals surface area contributed by atoms with Gasteiger partial charge in [-0.25, -0.2) is 4.39 Å². The van der Waals surface area contributed by atoms with Crippen LogP contribution in [0.1, 0.15) is 51.0 Å². The molecular weight excluding hydrogens is 241 g/mol. The van der Waals surface area contributed by atoms with Crippen LogP contribution >= 0.6 is 0 Å². The van der Waals surface area contributed by atoms with Crippen LogP contribution in [0.3, 0.4) is 0 Å². The molecule has 0 aromatic heterocycles. The first-order valence-corrected chi connectivity index (χ1v) is 7.07. The number of hydrogen-bond acceptors (Lipinski definition) is 1. The van der Waals surface area contributed by atoms with Crippen molar-refractivity contribution >= 4 is 5.91 Å². The maximum Gasteiger partial charge on any atom is 0.220 e. The molecule has 1 unspecified atom stereocenters. The second-order valence-electron chi connectivity index (χ2n) is 5.79. The summed E-state index contributed by atoms with van der Waals surface area (Å²) in [5.41, 5.74) is 1.39. The highest BCUT2D eigenvalue weighted by Gasteiger charge is 2.40. The Kier molecular flexibility index (Phi) is 4.23. The van der Waals surface area contributed by atoms with Crippen LogP contribution in [0.2, 0.25) is 0 Å². The molecule has 1 saturated carbocycles. The van der Waals surface area contributed by atoms with Crippen molar-refractivity contribution < 1.29 is 9.18 Å². The van der Waals surface area contributed by atoms with Crippen molar-refractivity contribution in [1.82, 2.24) is 5.32 Å². The van der Waals surface area contributed by atoms with Crippen molar-refractivity contribution in [2.24, 2.45) is 5.41 Å². The quantitative estimate of drug-likeness (QED) is 0.834. The van der Waals surface area contributed by atoms with Gasteiger partial charge in [0, 0.05) is 13.0 Å². The average Bonchev–Trinajstić information content (AvgIpc) is 3.18. The van der Waals surface area contributed by atoms with Crippen LogP contribution in [-0.4, -0.2) is 12.5 Å². The molecule has 1 fully saturated rings. The van der Waals surface area contributed by atoms with E-state index in [1.807, 2.05) is 6.92 Å². The minimum absolute atomic E-state index is 0.0940. The average molecular weight is 263 g/mol. The Hall–Kier alpha value is -1.38. The molecule has 0 bridgehead atoms. The molecule has 104 valence electrons. The monoisotopic (exact) mass is 263 g/mol. The molecule has 1 aliphatic rings. The van der Waals surface area contributed by atoms with Gasteiger partial charge in [-0.3, -0.25) is 4.79 Å². The highest BCUT2D eigenvalue weighted by molar-refractivity contribution is 5.76. The Morgan fingerprint density at radius 3 is 2.53 bits per heavy atom. The fourth-order valence-corrected chi connectivity index (χ4v) is 2.38. The van der Waals surface area contributed by atoms with Gasteiger partial charge in [-0.2, -0.15) is 0 Å². The van der Waals surface area contributed by atoms with Gasteiger partial charge in [0.2, 0.25) is 5.91 Å². The number of rotatable bonds is 6. The molecule has 3 heteroatoms. The zero-order valence-corrected chi connectivity index (χ0v) is 11.7. The van der Waals surface area contributed by atoms with E-state index in [-0.39, 0.29) is 17.6 Å². The van der Waals surface area contributed by atoms with Gasteiger partial charge in [-0.15, -0.1) is 0 Å². The lowest BCUT2D eigenvalue weighted by molar-refractivity contribution is -0.121. The Labute approximate surface area is 114 Å². The largest absolute Gasteiger partial charge is 0.356 e. The number of benzene rings is 1. The van der Waals surface area contributed by atoms with Gasteiger partial charge >= 0.3 is 0 Å². The van der Waals surface area contributed by atoms with Crippen LogP contribution in [0.5, 0.6) is 0 Å². The summed E-state index contributed by atoms with van der Waals surface area (Å²) in [5, 5.41) is 3.04. The van der Waals surface area contributed by atoms with Gasteiger partial charge in [0.05, 0.1) is 0 Å². The normalized spacial score (nSPS) is 17.8. The van der Waals surface area contributed by atoms with E-state index in [0.29, 0.717) is 11.8 Å². The van der Waals surface area contributed by atoms with Crippen molar-refractivity contribution in [3.8, 4) is 0 Å². The zero-order valence-electron chi connectivity index (χ0n) is 11.7. The zero-order chi connectivity index (χ0) is 13.9. The number of hydrogen-bond donors (Lipinski definition) is 1. The van der Waals surface area contributed by atoms with Crippen molar-refractivity contribution in [1.29, 1.82) is 0 Å². The summed E-state index contributed by atoms with van der Waals surface area (Å²) in [5.74, 6) is -0.0204. The predicted molar refractivity (Wildman–Crippen MR) is 74.4 cm³/mol. The summed E-state index contributed by atoms with van der Waals surface area (Å²) in [7, 11) is 0. The van der Waals surface area contributed by atoms with E-state index in [2.05, 4.69) is 12.2 Å². The highest BCUT2D eigenvalue weighted by atomic mass is 19.1. The summed E-state index contributed by atoms with van der Waals surface area (Å²) in [6.07, 6.45) is 4.07. The molecule has 2 nitrogen and oxygen atoms in total. The van der Waals surface area contributed by atoms with Gasteiger partial charge in [-0.1, -0.05) is 26.0 Å². The molecule has 1 atom stereocenters. The van der Waals surface area contributed by atoms with Gasteiger partial charge in [0.15, 0.2) is 0 Å². The van der Waals surface area contributed by atoms with Crippen molar-refractivity contribution in [3.05, 3.63) is 35.6 Å². The minimum Gasteiger partial charge on any atom is -0.356 e. The molecule has 0 aliphatic heterocycles. The van der Waals surface area contributed by atoms with Crippen LogP contribution in [0.15, 0.2) is 24.3 Å². The lowest BCUT2D eigenvalue weighted by Crippen LogP contribution is -2.30. The van der Waals surface area contributed by atoms with E-state index in [9.17, 15) is 9.18 Å². The van der Waals surface area contributed by atoms with E-state index in [1.54, 1.807) is 12.1 Å². The van der Waals surface area contributed by atoms with E-state index in [4.69, 9.17) is 0 Å². The SMILES string of the molecule is CCC1(CNC(=O)CC(C)c2ccc(F)cc2)CC1. The molecule has 1 aromatic carbocycles. The number of carbonyl (C=O) groups excluding carboxylic acids is 1. The number of amides is 1.